The summed E-state index contributed by atoms with van der Waals surface area (Å²) in [7, 11) is 1.66. The van der Waals surface area contributed by atoms with Crippen LogP contribution in [0.2, 0.25) is 0 Å². The van der Waals surface area contributed by atoms with Crippen LogP contribution in [0.25, 0.3) is 10.2 Å². The molecule has 6 nitrogen and oxygen atoms in total. The van der Waals surface area contributed by atoms with Crippen molar-refractivity contribution in [3.05, 3.63) is 59.2 Å². The maximum Gasteiger partial charge on any atom is 0.261 e. The van der Waals surface area contributed by atoms with Crippen LogP contribution in [-0.2, 0) is 0 Å². The van der Waals surface area contributed by atoms with Crippen LogP contribution in [0.3, 0.4) is 0 Å². The smallest absolute Gasteiger partial charge is 0.261 e. The van der Waals surface area contributed by atoms with Crippen LogP contribution in [0.4, 0.5) is 5.13 Å². The summed E-state index contributed by atoms with van der Waals surface area (Å²) in [5.74, 6) is -0.883. The number of para-hydroxylation sites is 1. The number of aromatic nitrogens is 1. The second-order valence-corrected chi connectivity index (χ2v) is 7.71. The van der Waals surface area contributed by atoms with E-state index in [4.69, 9.17) is 0 Å². The van der Waals surface area contributed by atoms with Gasteiger partial charge in [0.05, 0.1) is 21.3 Å². The van der Waals surface area contributed by atoms with Gasteiger partial charge in [0, 0.05) is 19.2 Å². The van der Waals surface area contributed by atoms with Crippen molar-refractivity contribution in [3.63, 3.8) is 0 Å². The van der Waals surface area contributed by atoms with Gasteiger partial charge in [-0.15, -0.1) is 0 Å². The number of carbonyl (C=O) groups excluding carboxylic acids is 3. The maximum atomic E-state index is 12.9. The molecule has 3 aromatic rings. The van der Waals surface area contributed by atoms with Gasteiger partial charge in [-0.05, 0) is 36.8 Å². The van der Waals surface area contributed by atoms with Crippen molar-refractivity contribution in [3.8, 4) is 0 Å². The quantitative estimate of drug-likeness (QED) is 0.615. The minimum Gasteiger partial charge on any atom is -0.287 e. The highest BCUT2D eigenvalue weighted by atomic mass is 32.1. The highest BCUT2D eigenvalue weighted by molar-refractivity contribution is 7.22. The zero-order valence-electron chi connectivity index (χ0n) is 15.6. The number of carbonyl (C=O) groups is 3. The van der Waals surface area contributed by atoms with Gasteiger partial charge in [0.15, 0.2) is 5.13 Å². The van der Waals surface area contributed by atoms with Crippen LogP contribution in [0.1, 0.15) is 50.8 Å². The number of thiazole rings is 1. The molecule has 0 saturated heterocycles. The Balaban J connectivity index is 1.62. The van der Waals surface area contributed by atoms with Crippen LogP contribution in [0, 0.1) is 0 Å². The lowest BCUT2D eigenvalue weighted by Crippen LogP contribution is -2.30. The Hall–Kier alpha value is -3.06. The average Bonchev–Trinajstić information content (AvgIpc) is 3.25. The third-order valence-corrected chi connectivity index (χ3v) is 5.94. The lowest BCUT2D eigenvalue weighted by molar-refractivity contribution is 0.0652. The SMILES string of the molecule is CCCCN1C(=O)c2ccc(C(=O)N(C)c3nc4ccccc4s3)cc2C1=O. The van der Waals surface area contributed by atoms with E-state index in [1.54, 1.807) is 19.2 Å². The Labute approximate surface area is 166 Å². The second-order valence-electron chi connectivity index (χ2n) is 6.70. The van der Waals surface area contributed by atoms with E-state index < -0.39 is 0 Å². The molecule has 1 aromatic heterocycles. The van der Waals surface area contributed by atoms with Gasteiger partial charge in [0.2, 0.25) is 0 Å². The number of benzene rings is 2. The first-order valence-corrected chi connectivity index (χ1v) is 9.96. The highest BCUT2D eigenvalue weighted by Crippen LogP contribution is 2.30. The first-order valence-electron chi connectivity index (χ1n) is 9.15. The number of rotatable bonds is 5. The topological polar surface area (TPSA) is 70.6 Å². The van der Waals surface area contributed by atoms with Gasteiger partial charge in [-0.25, -0.2) is 4.98 Å². The molecule has 0 radical (unpaired) electrons. The van der Waals surface area contributed by atoms with Crippen molar-refractivity contribution >= 4 is 44.4 Å². The number of anilines is 1. The number of unbranched alkanes of at least 4 members (excludes halogenated alkanes) is 1. The van der Waals surface area contributed by atoms with Gasteiger partial charge < -0.3 is 0 Å². The Morgan fingerprint density at radius 1 is 1.11 bits per heavy atom. The molecular formula is C21H19N3O3S. The summed E-state index contributed by atoms with van der Waals surface area (Å²) in [6, 6.07) is 12.4. The van der Waals surface area contributed by atoms with Crippen LogP contribution in [0.5, 0.6) is 0 Å². The van der Waals surface area contributed by atoms with E-state index in [9.17, 15) is 14.4 Å². The molecule has 0 unspecified atom stereocenters. The molecule has 7 heteroatoms. The Bertz CT molecular complexity index is 1070. The highest BCUT2D eigenvalue weighted by Gasteiger charge is 2.35. The minimum atomic E-state index is -0.328. The summed E-state index contributed by atoms with van der Waals surface area (Å²) in [6.07, 6.45) is 1.65. The largest absolute Gasteiger partial charge is 0.287 e. The molecule has 0 saturated carbocycles. The zero-order chi connectivity index (χ0) is 19.8. The number of hydrogen-bond acceptors (Lipinski definition) is 5. The summed E-state index contributed by atoms with van der Waals surface area (Å²) in [5, 5.41) is 0.582. The normalized spacial score (nSPS) is 13.3. The van der Waals surface area contributed by atoms with Crippen molar-refractivity contribution in [2.24, 2.45) is 0 Å². The van der Waals surface area contributed by atoms with Crippen molar-refractivity contribution < 1.29 is 14.4 Å². The van der Waals surface area contributed by atoms with E-state index in [0.29, 0.717) is 28.4 Å². The van der Waals surface area contributed by atoms with E-state index in [-0.39, 0.29) is 17.7 Å². The number of nitrogens with zero attached hydrogens (tertiary/aromatic N) is 3. The van der Waals surface area contributed by atoms with Gasteiger partial charge in [-0.2, -0.15) is 0 Å². The van der Waals surface area contributed by atoms with Crippen LogP contribution >= 0.6 is 11.3 Å². The molecule has 1 aliphatic heterocycles. The summed E-state index contributed by atoms with van der Waals surface area (Å²) >= 11 is 1.43. The molecule has 0 bridgehead atoms. The Morgan fingerprint density at radius 2 is 1.86 bits per heavy atom. The van der Waals surface area contributed by atoms with E-state index >= 15 is 0 Å². The fourth-order valence-electron chi connectivity index (χ4n) is 3.23. The number of hydrogen-bond donors (Lipinski definition) is 0. The van der Waals surface area contributed by atoms with Crippen LogP contribution < -0.4 is 4.90 Å². The minimum absolute atomic E-state index is 0.269. The number of imide groups is 1. The first-order chi connectivity index (χ1) is 13.5. The van der Waals surface area contributed by atoms with E-state index in [2.05, 4.69) is 4.98 Å². The summed E-state index contributed by atoms with van der Waals surface area (Å²) in [5.41, 5.74) is 1.85. The maximum absolute atomic E-state index is 12.9. The monoisotopic (exact) mass is 393 g/mol. The molecule has 0 atom stereocenters. The fraction of sp³-hybridized carbons (Fsp3) is 0.238. The van der Waals surface area contributed by atoms with Crippen molar-refractivity contribution in [1.82, 2.24) is 9.88 Å². The zero-order valence-corrected chi connectivity index (χ0v) is 16.5. The third kappa shape index (κ3) is 2.97. The van der Waals surface area contributed by atoms with Gasteiger partial charge in [-0.3, -0.25) is 24.2 Å². The molecule has 2 heterocycles. The standard InChI is InChI=1S/C21H19N3O3S/c1-3-4-11-24-19(26)14-10-9-13(12-15(14)20(24)27)18(25)23(2)21-22-16-7-5-6-8-17(16)28-21/h5-10,12H,3-4,11H2,1-2H3. The predicted octanol–water partition coefficient (Wildman–Crippen LogP) is 3.97. The number of amides is 3. The van der Waals surface area contributed by atoms with Crippen LogP contribution in [0.15, 0.2) is 42.5 Å². The van der Waals surface area contributed by atoms with Crippen molar-refractivity contribution in [1.29, 1.82) is 0 Å². The third-order valence-electron chi connectivity index (χ3n) is 4.83. The van der Waals surface area contributed by atoms with Crippen molar-refractivity contribution in [2.45, 2.75) is 19.8 Å². The molecule has 3 amide bonds. The molecule has 142 valence electrons. The molecule has 0 N–H and O–H groups in total. The molecule has 2 aromatic carbocycles. The van der Waals surface area contributed by atoms with E-state index in [1.165, 1.54) is 27.2 Å². The first kappa shape index (κ1) is 18.3. The lowest BCUT2D eigenvalue weighted by Gasteiger charge is -2.14. The van der Waals surface area contributed by atoms with Gasteiger partial charge in [0.25, 0.3) is 17.7 Å². The summed E-state index contributed by atoms with van der Waals surface area (Å²) in [6.45, 7) is 2.41. The summed E-state index contributed by atoms with van der Waals surface area (Å²) in [4.78, 5) is 45.2. The molecule has 1 aliphatic rings. The Morgan fingerprint density at radius 3 is 2.61 bits per heavy atom. The number of fused-ring (bicyclic) bond motifs is 2. The van der Waals surface area contributed by atoms with Crippen molar-refractivity contribution in [2.75, 3.05) is 18.5 Å². The van der Waals surface area contributed by atoms with Gasteiger partial charge in [-0.1, -0.05) is 36.8 Å². The molecule has 0 aliphatic carbocycles. The molecule has 0 spiro atoms. The lowest BCUT2D eigenvalue weighted by atomic mass is 10.1. The fourth-order valence-corrected chi connectivity index (χ4v) is 4.15. The van der Waals surface area contributed by atoms with Crippen LogP contribution in [-0.4, -0.2) is 41.2 Å². The molecule has 0 fully saturated rings. The van der Waals surface area contributed by atoms with Gasteiger partial charge >= 0.3 is 0 Å². The average molecular weight is 393 g/mol. The second kappa shape index (κ2) is 7.16. The molecular weight excluding hydrogens is 374 g/mol. The molecule has 4 rings (SSSR count). The van der Waals surface area contributed by atoms with E-state index in [1.807, 2.05) is 31.2 Å². The Kier molecular flexibility index (Phi) is 4.68. The van der Waals surface area contributed by atoms with E-state index in [0.717, 1.165) is 23.1 Å². The molecule has 28 heavy (non-hydrogen) atoms. The van der Waals surface area contributed by atoms with Gasteiger partial charge in [0.1, 0.15) is 0 Å². The summed E-state index contributed by atoms with van der Waals surface area (Å²) < 4.78 is 0.999. The predicted molar refractivity (Wildman–Crippen MR) is 109 cm³/mol.